The highest BCUT2D eigenvalue weighted by Crippen LogP contribution is 2.43. The molecule has 0 radical (unpaired) electrons. The van der Waals surface area contributed by atoms with E-state index in [1.807, 2.05) is 21.1 Å². The first-order chi connectivity index (χ1) is 34.0. The molecule has 8 nitrogen and oxygen atoms in total. The Morgan fingerprint density at radius 2 is 0.857 bits per heavy atom. The average Bonchev–Trinajstić information content (AvgIpc) is 3.32. The summed E-state index contributed by atoms with van der Waals surface area (Å²) in [6, 6.07) is -0.760. The molecule has 0 rings (SSSR count). The second kappa shape index (κ2) is 51.6. The van der Waals surface area contributed by atoms with Crippen LogP contribution in [0, 0.1) is 0 Å². The number of aliphatic hydroxyl groups is 1. The van der Waals surface area contributed by atoms with Gasteiger partial charge in [-0.1, -0.05) is 253 Å². The van der Waals surface area contributed by atoms with Crippen LogP contribution in [-0.2, 0) is 18.4 Å². The molecule has 0 aliphatic carbocycles. The van der Waals surface area contributed by atoms with Crippen molar-refractivity contribution in [2.45, 2.75) is 257 Å². The number of aliphatic hydroxyl groups excluding tert-OH is 1. The van der Waals surface area contributed by atoms with Crippen LogP contribution in [0.4, 0.5) is 0 Å². The number of quaternary nitrogens is 1. The van der Waals surface area contributed by atoms with Gasteiger partial charge in [0, 0.05) is 6.42 Å². The molecule has 3 atom stereocenters. The fraction of sp³-hybridized carbons (Fsp3) is 0.754. The van der Waals surface area contributed by atoms with E-state index in [-0.39, 0.29) is 19.1 Å². The molecular formula is C61H112N2O6P+. The highest BCUT2D eigenvalue weighted by atomic mass is 31.2. The van der Waals surface area contributed by atoms with Gasteiger partial charge in [0.05, 0.1) is 39.9 Å². The van der Waals surface area contributed by atoms with Gasteiger partial charge in [-0.25, -0.2) is 4.57 Å². The highest BCUT2D eigenvalue weighted by molar-refractivity contribution is 7.47. The van der Waals surface area contributed by atoms with Gasteiger partial charge in [0.15, 0.2) is 0 Å². The van der Waals surface area contributed by atoms with Gasteiger partial charge in [-0.05, 0) is 70.6 Å². The summed E-state index contributed by atoms with van der Waals surface area (Å²) in [4.78, 5) is 23.2. The number of nitrogens with zero attached hydrogens (tertiary/aromatic N) is 1. The molecule has 0 aliphatic heterocycles. The molecule has 0 saturated carbocycles. The molecule has 0 saturated heterocycles. The lowest BCUT2D eigenvalue weighted by atomic mass is 10.0. The second-order valence-corrected chi connectivity index (χ2v) is 22.1. The fourth-order valence-electron chi connectivity index (χ4n) is 8.15. The van der Waals surface area contributed by atoms with Crippen molar-refractivity contribution >= 4 is 13.7 Å². The molecule has 0 fully saturated rings. The molecule has 1 amide bonds. The largest absolute Gasteiger partial charge is 0.472 e. The predicted molar refractivity (Wildman–Crippen MR) is 304 cm³/mol. The Kier molecular flexibility index (Phi) is 49.9. The van der Waals surface area contributed by atoms with Gasteiger partial charge in [-0.2, -0.15) is 0 Å². The molecule has 3 N–H and O–H groups in total. The number of carbonyl (C=O) groups is 1. The summed E-state index contributed by atoms with van der Waals surface area (Å²) in [5, 5.41) is 13.9. The van der Waals surface area contributed by atoms with E-state index in [2.05, 4.69) is 104 Å². The van der Waals surface area contributed by atoms with Gasteiger partial charge in [-0.3, -0.25) is 13.8 Å². The lowest BCUT2D eigenvalue weighted by molar-refractivity contribution is -0.870. The Morgan fingerprint density at radius 1 is 0.500 bits per heavy atom. The standard InChI is InChI=1S/C61H111N2O6P/c1-6-8-10-12-14-16-17-18-19-20-21-22-23-24-25-26-27-28-29-30-31-32-33-34-35-36-37-38-39-40-41-42-43-44-45-47-49-51-53-55-61(65)62-59(58-69-70(66,67)68-57-56-63(3,4)5)60(64)54-52-50-48-46-15-13-11-9-7-2/h8,10,14,16,18-19,21-22,24-25,27-28,30-31,59-60,64H,6-7,9,11-13,15,17,20,23,26,29,32-58H2,1-5H3,(H-,62,65,66,67)/p+1/b10-8-,16-14-,19-18-,22-21-,25-24-,28-27-,31-30-. The SMILES string of the molecule is CC/C=C\C/C=C\C/C=C\C/C=C\C/C=C\C/C=C\C/C=C\CCCCCCCCCCCCCCCCCCCC(=O)NC(COP(=O)(O)OCC[N+](C)(C)C)C(O)CCCCCCCCCCC. The van der Waals surface area contributed by atoms with Crippen molar-refractivity contribution in [3.63, 3.8) is 0 Å². The lowest BCUT2D eigenvalue weighted by Crippen LogP contribution is -2.46. The van der Waals surface area contributed by atoms with E-state index < -0.39 is 20.0 Å². The zero-order valence-electron chi connectivity index (χ0n) is 46.2. The Balaban J connectivity index is 3.89. The number of nitrogens with one attached hydrogen (secondary N) is 1. The van der Waals surface area contributed by atoms with E-state index in [0.29, 0.717) is 23.9 Å². The molecule has 0 aliphatic rings. The van der Waals surface area contributed by atoms with Crippen molar-refractivity contribution in [1.29, 1.82) is 0 Å². The molecule has 0 heterocycles. The number of phosphoric acid groups is 1. The van der Waals surface area contributed by atoms with Crippen LogP contribution in [0.1, 0.15) is 245 Å². The van der Waals surface area contributed by atoms with Gasteiger partial charge < -0.3 is 19.8 Å². The van der Waals surface area contributed by atoms with E-state index in [9.17, 15) is 19.4 Å². The quantitative estimate of drug-likeness (QED) is 0.0243. The van der Waals surface area contributed by atoms with Crippen molar-refractivity contribution < 1.29 is 32.9 Å². The molecule has 9 heteroatoms. The zero-order valence-corrected chi connectivity index (χ0v) is 47.1. The summed E-state index contributed by atoms with van der Waals surface area (Å²) in [6.45, 7) is 4.75. The average molecular weight is 1000 g/mol. The van der Waals surface area contributed by atoms with E-state index >= 15 is 0 Å². The van der Waals surface area contributed by atoms with Gasteiger partial charge >= 0.3 is 7.82 Å². The molecule has 0 aromatic rings. The summed E-state index contributed by atoms with van der Waals surface area (Å²) in [6.07, 6.45) is 72.4. The van der Waals surface area contributed by atoms with Crippen LogP contribution in [0.3, 0.4) is 0 Å². The summed E-state index contributed by atoms with van der Waals surface area (Å²) in [7, 11) is 1.61. The number of carbonyl (C=O) groups excluding carboxylic acids is 1. The van der Waals surface area contributed by atoms with Gasteiger partial charge in [0.25, 0.3) is 0 Å². The Morgan fingerprint density at radius 3 is 1.26 bits per heavy atom. The third-order valence-electron chi connectivity index (χ3n) is 12.7. The van der Waals surface area contributed by atoms with Crippen molar-refractivity contribution in [1.82, 2.24) is 5.32 Å². The van der Waals surface area contributed by atoms with Crippen LogP contribution in [0.2, 0.25) is 0 Å². The van der Waals surface area contributed by atoms with E-state index in [4.69, 9.17) is 9.05 Å². The molecule has 0 bridgehead atoms. The normalized spacial score (nSPS) is 14.6. The monoisotopic (exact) mass is 1000 g/mol. The van der Waals surface area contributed by atoms with Gasteiger partial charge in [-0.15, -0.1) is 0 Å². The third-order valence-corrected chi connectivity index (χ3v) is 13.6. The van der Waals surface area contributed by atoms with Crippen molar-refractivity contribution in [2.24, 2.45) is 0 Å². The maximum atomic E-state index is 12.9. The highest BCUT2D eigenvalue weighted by Gasteiger charge is 2.28. The molecule has 0 aromatic heterocycles. The summed E-state index contributed by atoms with van der Waals surface area (Å²) >= 11 is 0. The van der Waals surface area contributed by atoms with Crippen molar-refractivity contribution in [2.75, 3.05) is 40.9 Å². The maximum absolute atomic E-state index is 12.9. The first kappa shape index (κ1) is 67.7. The van der Waals surface area contributed by atoms with Gasteiger partial charge in [0.1, 0.15) is 13.2 Å². The second-order valence-electron chi connectivity index (χ2n) is 20.6. The van der Waals surface area contributed by atoms with Crippen LogP contribution >= 0.6 is 7.82 Å². The number of amides is 1. The number of rotatable bonds is 52. The first-order valence-electron chi connectivity index (χ1n) is 29.0. The molecule has 0 aromatic carbocycles. The smallest absolute Gasteiger partial charge is 0.391 e. The van der Waals surface area contributed by atoms with E-state index in [1.165, 1.54) is 135 Å². The van der Waals surface area contributed by atoms with E-state index in [1.54, 1.807) is 0 Å². The fourth-order valence-corrected chi connectivity index (χ4v) is 8.88. The number of hydrogen-bond donors (Lipinski definition) is 3. The number of phosphoric ester groups is 1. The minimum absolute atomic E-state index is 0.0731. The number of likely N-dealkylation sites (N-methyl/N-ethyl adjacent to an activating group) is 1. The van der Waals surface area contributed by atoms with Crippen LogP contribution < -0.4 is 5.32 Å². The van der Waals surface area contributed by atoms with Gasteiger partial charge in [0.2, 0.25) is 5.91 Å². The summed E-state index contributed by atoms with van der Waals surface area (Å²) in [5.41, 5.74) is 0. The van der Waals surface area contributed by atoms with Crippen LogP contribution in [0.5, 0.6) is 0 Å². The molecule has 406 valence electrons. The number of allylic oxidation sites excluding steroid dienone is 14. The van der Waals surface area contributed by atoms with Crippen LogP contribution in [-0.4, -0.2) is 73.4 Å². The first-order valence-corrected chi connectivity index (χ1v) is 30.4. The molecular weight excluding hydrogens is 888 g/mol. The van der Waals surface area contributed by atoms with E-state index in [0.717, 1.165) is 83.5 Å². The Hall–Kier alpha value is -2.32. The van der Waals surface area contributed by atoms with Crippen molar-refractivity contribution in [3.05, 3.63) is 85.1 Å². The summed E-state index contributed by atoms with van der Waals surface area (Å²) in [5.74, 6) is -0.147. The van der Waals surface area contributed by atoms with Crippen molar-refractivity contribution in [3.8, 4) is 0 Å². The predicted octanol–water partition coefficient (Wildman–Crippen LogP) is 17.6. The molecule has 0 spiro atoms. The zero-order chi connectivity index (χ0) is 51.3. The topological polar surface area (TPSA) is 105 Å². The minimum atomic E-state index is -4.31. The number of unbranched alkanes of at least 4 members (excludes halogenated alkanes) is 25. The minimum Gasteiger partial charge on any atom is -0.391 e. The Bertz CT molecular complexity index is 1410. The number of hydrogen-bond acceptors (Lipinski definition) is 5. The third kappa shape index (κ3) is 53.5. The summed E-state index contributed by atoms with van der Waals surface area (Å²) < 4.78 is 23.6. The molecule has 3 unspecified atom stereocenters. The lowest BCUT2D eigenvalue weighted by Gasteiger charge is -2.26. The maximum Gasteiger partial charge on any atom is 0.472 e. The van der Waals surface area contributed by atoms with Crippen LogP contribution in [0.25, 0.3) is 0 Å². The Labute approximate surface area is 433 Å². The molecule has 70 heavy (non-hydrogen) atoms. The van der Waals surface area contributed by atoms with Crippen LogP contribution in [0.15, 0.2) is 85.1 Å².